The van der Waals surface area contributed by atoms with Crippen molar-refractivity contribution in [2.45, 2.75) is 33.1 Å². The van der Waals surface area contributed by atoms with Crippen LogP contribution in [-0.4, -0.2) is 50.6 Å². The fraction of sp³-hybridized carbons (Fsp3) is 0.929. The van der Waals surface area contributed by atoms with E-state index in [1.165, 1.54) is 12.8 Å². The molecule has 18 heavy (non-hydrogen) atoms. The Labute approximate surface area is 111 Å². The molecule has 4 nitrogen and oxygen atoms in total. The zero-order chi connectivity index (χ0) is 13.4. The smallest absolute Gasteiger partial charge is 0.220 e. The molecular formula is C14H29N3O. The van der Waals surface area contributed by atoms with Gasteiger partial charge in [-0.15, -0.1) is 0 Å². The Hall–Kier alpha value is -0.610. The molecule has 1 aliphatic rings. The number of rotatable bonds is 7. The lowest BCUT2D eigenvalue weighted by Gasteiger charge is -2.28. The van der Waals surface area contributed by atoms with Crippen LogP contribution in [0, 0.1) is 11.8 Å². The monoisotopic (exact) mass is 255 g/mol. The molecule has 4 heteroatoms. The molecule has 0 saturated carbocycles. The van der Waals surface area contributed by atoms with Gasteiger partial charge in [-0.25, -0.2) is 0 Å². The molecule has 1 saturated heterocycles. The minimum Gasteiger partial charge on any atom is -0.355 e. The van der Waals surface area contributed by atoms with Gasteiger partial charge in [-0.3, -0.25) is 4.79 Å². The summed E-state index contributed by atoms with van der Waals surface area (Å²) in [6.45, 7) is 9.27. The number of piperidine rings is 1. The van der Waals surface area contributed by atoms with E-state index in [0.29, 0.717) is 18.3 Å². The summed E-state index contributed by atoms with van der Waals surface area (Å²) in [6, 6.07) is 0. The van der Waals surface area contributed by atoms with E-state index >= 15 is 0 Å². The van der Waals surface area contributed by atoms with Crippen LogP contribution in [0.25, 0.3) is 0 Å². The highest BCUT2D eigenvalue weighted by Gasteiger charge is 2.21. The zero-order valence-corrected chi connectivity index (χ0v) is 12.2. The molecule has 0 aromatic rings. The quantitative estimate of drug-likeness (QED) is 0.715. The van der Waals surface area contributed by atoms with Gasteiger partial charge in [0.2, 0.25) is 5.91 Å². The molecule has 106 valence electrons. The number of amides is 1. The van der Waals surface area contributed by atoms with Crippen molar-refractivity contribution in [3.63, 3.8) is 0 Å². The Balaban J connectivity index is 2.14. The zero-order valence-electron chi connectivity index (χ0n) is 12.2. The van der Waals surface area contributed by atoms with Crippen LogP contribution in [0.15, 0.2) is 0 Å². The second-order valence-electron chi connectivity index (χ2n) is 5.53. The SMILES string of the molecule is CCN(C)CCNC(=O)CC(C)C1CCCNC1. The van der Waals surface area contributed by atoms with Gasteiger partial charge in [0.15, 0.2) is 0 Å². The van der Waals surface area contributed by atoms with Crippen LogP contribution >= 0.6 is 0 Å². The highest BCUT2D eigenvalue weighted by atomic mass is 16.1. The topological polar surface area (TPSA) is 44.4 Å². The number of carbonyl (C=O) groups excluding carboxylic acids is 1. The van der Waals surface area contributed by atoms with Crippen LogP contribution < -0.4 is 10.6 Å². The summed E-state index contributed by atoms with van der Waals surface area (Å²) in [4.78, 5) is 14.0. The maximum atomic E-state index is 11.8. The number of hydrogen-bond acceptors (Lipinski definition) is 3. The van der Waals surface area contributed by atoms with E-state index < -0.39 is 0 Å². The summed E-state index contributed by atoms with van der Waals surface area (Å²) in [7, 11) is 2.07. The highest BCUT2D eigenvalue weighted by molar-refractivity contribution is 5.76. The van der Waals surface area contributed by atoms with Gasteiger partial charge in [-0.2, -0.15) is 0 Å². The molecule has 1 heterocycles. The van der Waals surface area contributed by atoms with Crippen LogP contribution in [0.5, 0.6) is 0 Å². The van der Waals surface area contributed by atoms with E-state index in [4.69, 9.17) is 0 Å². The first kappa shape index (κ1) is 15.4. The van der Waals surface area contributed by atoms with E-state index in [0.717, 1.165) is 32.7 Å². The number of nitrogens with zero attached hydrogens (tertiary/aromatic N) is 1. The van der Waals surface area contributed by atoms with Crippen molar-refractivity contribution >= 4 is 5.91 Å². The lowest BCUT2D eigenvalue weighted by atomic mass is 9.85. The summed E-state index contributed by atoms with van der Waals surface area (Å²) in [5.74, 6) is 1.36. The predicted octanol–water partition coefficient (Wildman–Crippen LogP) is 1.08. The maximum Gasteiger partial charge on any atom is 0.220 e. The molecular weight excluding hydrogens is 226 g/mol. The molecule has 2 atom stereocenters. The van der Waals surface area contributed by atoms with Gasteiger partial charge in [-0.05, 0) is 51.4 Å². The van der Waals surface area contributed by atoms with E-state index in [1.807, 2.05) is 0 Å². The average Bonchev–Trinajstić information content (AvgIpc) is 2.39. The third kappa shape index (κ3) is 5.83. The first-order valence-electron chi connectivity index (χ1n) is 7.29. The van der Waals surface area contributed by atoms with Gasteiger partial charge in [0.05, 0.1) is 0 Å². The Morgan fingerprint density at radius 1 is 1.56 bits per heavy atom. The number of carbonyl (C=O) groups is 1. The molecule has 0 aromatic carbocycles. The maximum absolute atomic E-state index is 11.8. The average molecular weight is 255 g/mol. The van der Waals surface area contributed by atoms with Gasteiger partial charge in [-0.1, -0.05) is 13.8 Å². The Kier molecular flexibility index (Phi) is 7.28. The predicted molar refractivity (Wildman–Crippen MR) is 75.6 cm³/mol. The van der Waals surface area contributed by atoms with Gasteiger partial charge >= 0.3 is 0 Å². The van der Waals surface area contributed by atoms with E-state index in [1.54, 1.807) is 0 Å². The molecule has 0 aromatic heterocycles. The summed E-state index contributed by atoms with van der Waals surface area (Å²) >= 11 is 0. The van der Waals surface area contributed by atoms with Crippen molar-refractivity contribution in [2.24, 2.45) is 11.8 Å². The first-order valence-corrected chi connectivity index (χ1v) is 7.29. The third-order valence-corrected chi connectivity index (χ3v) is 4.00. The van der Waals surface area contributed by atoms with E-state index in [9.17, 15) is 4.79 Å². The highest BCUT2D eigenvalue weighted by Crippen LogP contribution is 2.22. The summed E-state index contributed by atoms with van der Waals surface area (Å²) in [5, 5.41) is 6.43. The summed E-state index contributed by atoms with van der Waals surface area (Å²) in [6.07, 6.45) is 3.18. The fourth-order valence-corrected chi connectivity index (χ4v) is 2.44. The van der Waals surface area contributed by atoms with Crippen molar-refractivity contribution in [2.75, 3.05) is 39.8 Å². The van der Waals surface area contributed by atoms with Gasteiger partial charge in [0, 0.05) is 19.5 Å². The van der Waals surface area contributed by atoms with Crippen LogP contribution in [0.2, 0.25) is 0 Å². The molecule has 2 unspecified atom stereocenters. The molecule has 1 aliphatic heterocycles. The Bertz CT molecular complexity index is 239. The minimum absolute atomic E-state index is 0.206. The fourth-order valence-electron chi connectivity index (χ4n) is 2.44. The second-order valence-corrected chi connectivity index (χ2v) is 5.53. The minimum atomic E-state index is 0.206. The number of nitrogens with one attached hydrogen (secondary N) is 2. The summed E-state index contributed by atoms with van der Waals surface area (Å²) in [5.41, 5.74) is 0. The molecule has 0 spiro atoms. The normalized spacial score (nSPS) is 21.9. The van der Waals surface area contributed by atoms with Crippen LogP contribution in [-0.2, 0) is 4.79 Å². The third-order valence-electron chi connectivity index (χ3n) is 4.00. The van der Waals surface area contributed by atoms with Crippen LogP contribution in [0.3, 0.4) is 0 Å². The van der Waals surface area contributed by atoms with Gasteiger partial charge in [0.25, 0.3) is 0 Å². The molecule has 0 bridgehead atoms. The van der Waals surface area contributed by atoms with Crippen molar-refractivity contribution in [3.05, 3.63) is 0 Å². The van der Waals surface area contributed by atoms with E-state index in [2.05, 4.69) is 36.4 Å². The van der Waals surface area contributed by atoms with Crippen molar-refractivity contribution in [3.8, 4) is 0 Å². The molecule has 1 fully saturated rings. The van der Waals surface area contributed by atoms with Crippen LogP contribution in [0.4, 0.5) is 0 Å². The van der Waals surface area contributed by atoms with Gasteiger partial charge < -0.3 is 15.5 Å². The van der Waals surface area contributed by atoms with Crippen LogP contribution in [0.1, 0.15) is 33.1 Å². The number of hydrogen-bond donors (Lipinski definition) is 2. The Morgan fingerprint density at radius 2 is 2.33 bits per heavy atom. The molecule has 2 N–H and O–H groups in total. The lowest BCUT2D eigenvalue weighted by Crippen LogP contribution is -2.37. The Morgan fingerprint density at radius 3 is 2.94 bits per heavy atom. The molecule has 0 radical (unpaired) electrons. The van der Waals surface area contributed by atoms with Crippen molar-refractivity contribution in [1.82, 2.24) is 15.5 Å². The molecule has 0 aliphatic carbocycles. The standard InChI is InChI=1S/C14H29N3O/c1-4-17(3)9-8-16-14(18)10-12(2)13-6-5-7-15-11-13/h12-13,15H,4-11H2,1-3H3,(H,16,18). The van der Waals surface area contributed by atoms with Crippen molar-refractivity contribution < 1.29 is 4.79 Å². The second kappa shape index (κ2) is 8.48. The largest absolute Gasteiger partial charge is 0.355 e. The van der Waals surface area contributed by atoms with E-state index in [-0.39, 0.29) is 5.91 Å². The number of likely N-dealkylation sites (N-methyl/N-ethyl adjacent to an activating group) is 1. The van der Waals surface area contributed by atoms with Gasteiger partial charge in [0.1, 0.15) is 0 Å². The van der Waals surface area contributed by atoms with Crippen molar-refractivity contribution in [1.29, 1.82) is 0 Å². The molecule has 1 amide bonds. The molecule has 1 rings (SSSR count). The summed E-state index contributed by atoms with van der Waals surface area (Å²) < 4.78 is 0. The first-order chi connectivity index (χ1) is 8.63. The lowest BCUT2D eigenvalue weighted by molar-refractivity contribution is -0.122.